The smallest absolute Gasteiger partial charge is 0.303 e. The molecule has 1 aromatic rings. The van der Waals surface area contributed by atoms with E-state index in [1.54, 1.807) is 0 Å². The lowest BCUT2D eigenvalue weighted by Gasteiger charge is -2.25. The third kappa shape index (κ3) is 4.59. The number of fused-ring (bicyclic) bond motifs is 1. The predicted molar refractivity (Wildman–Crippen MR) is 81.3 cm³/mol. The second-order valence-electron chi connectivity index (χ2n) is 6.46. The van der Waals surface area contributed by atoms with Gasteiger partial charge in [0.05, 0.1) is 6.42 Å². The van der Waals surface area contributed by atoms with E-state index in [-0.39, 0.29) is 12.3 Å². The summed E-state index contributed by atoms with van der Waals surface area (Å²) in [6.07, 6.45) is 4.29. The maximum Gasteiger partial charge on any atom is 0.303 e. The van der Waals surface area contributed by atoms with Gasteiger partial charge < -0.3 is 10.4 Å². The van der Waals surface area contributed by atoms with Crippen LogP contribution in [0.25, 0.3) is 0 Å². The average Bonchev–Trinajstić information content (AvgIpc) is 2.83. The van der Waals surface area contributed by atoms with Crippen LogP contribution < -0.4 is 5.32 Å². The van der Waals surface area contributed by atoms with Gasteiger partial charge in [-0.15, -0.1) is 0 Å². The minimum Gasteiger partial charge on any atom is -0.481 e. The number of benzene rings is 1. The van der Waals surface area contributed by atoms with E-state index in [0.717, 1.165) is 18.4 Å². The number of aliphatic carboxylic acids is 1. The zero-order valence-corrected chi connectivity index (χ0v) is 12.7. The number of hydrogen-bond acceptors (Lipinski definition) is 2. The number of nitrogens with one attached hydrogen (secondary N) is 1. The molecule has 114 valence electrons. The third-order valence-corrected chi connectivity index (χ3v) is 3.97. The van der Waals surface area contributed by atoms with Crippen molar-refractivity contribution in [2.45, 2.75) is 57.9 Å². The number of carboxylic acids is 1. The molecule has 1 amide bonds. The Morgan fingerprint density at radius 3 is 2.67 bits per heavy atom. The molecule has 0 aliphatic heterocycles. The number of amides is 1. The quantitative estimate of drug-likeness (QED) is 0.845. The lowest BCUT2D eigenvalue weighted by Crippen LogP contribution is -2.44. The topological polar surface area (TPSA) is 66.4 Å². The molecule has 0 saturated carbocycles. The summed E-state index contributed by atoms with van der Waals surface area (Å²) in [5.74, 6) is -0.890. The molecule has 1 aliphatic rings. The van der Waals surface area contributed by atoms with Crippen LogP contribution in [0.4, 0.5) is 0 Å². The first-order chi connectivity index (χ1) is 9.85. The number of carboxylic acid groups (broad SMARTS) is 1. The zero-order valence-electron chi connectivity index (χ0n) is 12.7. The van der Waals surface area contributed by atoms with Crippen molar-refractivity contribution in [1.82, 2.24) is 5.32 Å². The van der Waals surface area contributed by atoms with Crippen molar-refractivity contribution in [1.29, 1.82) is 0 Å². The fourth-order valence-corrected chi connectivity index (χ4v) is 2.82. The number of carbonyl (C=O) groups is 2. The third-order valence-electron chi connectivity index (χ3n) is 3.97. The first-order valence-electron chi connectivity index (χ1n) is 7.49. The highest BCUT2D eigenvalue weighted by Crippen LogP contribution is 2.23. The van der Waals surface area contributed by atoms with Crippen LogP contribution in [0.1, 0.15) is 49.8 Å². The van der Waals surface area contributed by atoms with Crippen LogP contribution in [0, 0.1) is 0 Å². The van der Waals surface area contributed by atoms with Crippen LogP contribution in [0.5, 0.6) is 0 Å². The van der Waals surface area contributed by atoms with Gasteiger partial charge in [0.25, 0.3) is 0 Å². The van der Waals surface area contributed by atoms with Crippen LogP contribution >= 0.6 is 0 Å². The van der Waals surface area contributed by atoms with Gasteiger partial charge >= 0.3 is 5.97 Å². The van der Waals surface area contributed by atoms with E-state index in [2.05, 4.69) is 17.4 Å². The Labute approximate surface area is 125 Å². The summed E-state index contributed by atoms with van der Waals surface area (Å²) in [7, 11) is 0. The molecule has 4 nitrogen and oxygen atoms in total. The first-order valence-corrected chi connectivity index (χ1v) is 7.49. The van der Waals surface area contributed by atoms with Gasteiger partial charge in [0.15, 0.2) is 0 Å². The van der Waals surface area contributed by atoms with Gasteiger partial charge in [-0.3, -0.25) is 9.59 Å². The normalized spacial score (nSPS) is 13.8. The number of carbonyl (C=O) groups excluding carboxylic acids is 1. The second kappa shape index (κ2) is 6.29. The summed E-state index contributed by atoms with van der Waals surface area (Å²) in [6, 6.07) is 6.28. The van der Waals surface area contributed by atoms with E-state index in [1.807, 2.05) is 19.9 Å². The second-order valence-corrected chi connectivity index (χ2v) is 6.46. The maximum absolute atomic E-state index is 12.1. The molecular formula is C17H23NO3. The molecule has 4 heteroatoms. The summed E-state index contributed by atoms with van der Waals surface area (Å²) in [5, 5.41) is 11.6. The van der Waals surface area contributed by atoms with E-state index in [0.29, 0.717) is 12.8 Å². The van der Waals surface area contributed by atoms with Gasteiger partial charge in [0.1, 0.15) is 0 Å². The minimum atomic E-state index is -0.837. The van der Waals surface area contributed by atoms with E-state index < -0.39 is 11.5 Å². The summed E-state index contributed by atoms with van der Waals surface area (Å²) < 4.78 is 0. The molecule has 0 bridgehead atoms. The Bertz CT molecular complexity index is 549. The van der Waals surface area contributed by atoms with Crippen LogP contribution in [-0.2, 0) is 28.9 Å². The van der Waals surface area contributed by atoms with Crippen molar-refractivity contribution in [3.63, 3.8) is 0 Å². The molecule has 0 spiro atoms. The largest absolute Gasteiger partial charge is 0.481 e. The Morgan fingerprint density at radius 1 is 1.24 bits per heavy atom. The molecule has 1 aromatic carbocycles. The van der Waals surface area contributed by atoms with Crippen molar-refractivity contribution in [2.75, 3.05) is 0 Å². The Balaban J connectivity index is 1.90. The van der Waals surface area contributed by atoms with Crippen molar-refractivity contribution >= 4 is 11.9 Å². The maximum atomic E-state index is 12.1. The molecule has 0 aromatic heterocycles. The van der Waals surface area contributed by atoms with E-state index >= 15 is 0 Å². The molecule has 1 aliphatic carbocycles. The number of rotatable bonds is 6. The van der Waals surface area contributed by atoms with Gasteiger partial charge in [0, 0.05) is 12.0 Å². The molecule has 0 unspecified atom stereocenters. The predicted octanol–water partition coefficient (Wildman–Crippen LogP) is 2.48. The fourth-order valence-electron chi connectivity index (χ4n) is 2.82. The molecule has 21 heavy (non-hydrogen) atoms. The van der Waals surface area contributed by atoms with Crippen LogP contribution in [0.2, 0.25) is 0 Å². The van der Waals surface area contributed by atoms with Gasteiger partial charge in [-0.25, -0.2) is 0 Å². The lowest BCUT2D eigenvalue weighted by molar-refractivity contribution is -0.137. The average molecular weight is 289 g/mol. The van der Waals surface area contributed by atoms with Crippen LogP contribution in [-0.4, -0.2) is 22.5 Å². The van der Waals surface area contributed by atoms with Gasteiger partial charge in [-0.2, -0.15) is 0 Å². The molecule has 0 heterocycles. The SMILES string of the molecule is CC(C)(CCC(=O)O)NC(=O)Cc1ccc2c(c1)CCC2. The summed E-state index contributed by atoms with van der Waals surface area (Å²) in [6.45, 7) is 3.72. The molecule has 2 rings (SSSR count). The Hall–Kier alpha value is -1.84. The highest BCUT2D eigenvalue weighted by molar-refractivity contribution is 5.79. The zero-order chi connectivity index (χ0) is 15.5. The Morgan fingerprint density at radius 2 is 1.95 bits per heavy atom. The van der Waals surface area contributed by atoms with Gasteiger partial charge in [-0.1, -0.05) is 18.2 Å². The first kappa shape index (κ1) is 15.5. The van der Waals surface area contributed by atoms with Crippen molar-refractivity contribution in [3.05, 3.63) is 34.9 Å². The summed E-state index contributed by atoms with van der Waals surface area (Å²) in [4.78, 5) is 22.7. The van der Waals surface area contributed by atoms with Gasteiger partial charge in [0.2, 0.25) is 5.91 Å². The van der Waals surface area contributed by atoms with Gasteiger partial charge in [-0.05, 0) is 56.2 Å². The number of aryl methyl sites for hydroxylation is 2. The lowest BCUT2D eigenvalue weighted by atomic mass is 9.97. The van der Waals surface area contributed by atoms with Crippen molar-refractivity contribution < 1.29 is 14.7 Å². The van der Waals surface area contributed by atoms with E-state index in [4.69, 9.17) is 5.11 Å². The van der Waals surface area contributed by atoms with Crippen molar-refractivity contribution in [3.8, 4) is 0 Å². The molecule has 0 atom stereocenters. The standard InChI is InChI=1S/C17H23NO3/c1-17(2,9-8-16(20)21)18-15(19)11-12-6-7-13-4-3-5-14(13)10-12/h6-7,10H,3-5,8-9,11H2,1-2H3,(H,18,19)(H,20,21). The molecule has 0 saturated heterocycles. The Kier molecular flexibility index (Phi) is 4.66. The molecule has 0 fully saturated rings. The van der Waals surface area contributed by atoms with E-state index in [1.165, 1.54) is 17.5 Å². The highest BCUT2D eigenvalue weighted by Gasteiger charge is 2.21. The minimum absolute atomic E-state index is 0.0525. The van der Waals surface area contributed by atoms with Crippen LogP contribution in [0.3, 0.4) is 0 Å². The van der Waals surface area contributed by atoms with Crippen molar-refractivity contribution in [2.24, 2.45) is 0 Å². The molecule has 0 radical (unpaired) electrons. The summed E-state index contributed by atoms with van der Waals surface area (Å²) >= 11 is 0. The monoisotopic (exact) mass is 289 g/mol. The summed E-state index contributed by atoms with van der Waals surface area (Å²) in [5.41, 5.74) is 3.31. The van der Waals surface area contributed by atoms with Crippen LogP contribution in [0.15, 0.2) is 18.2 Å². The van der Waals surface area contributed by atoms with E-state index in [9.17, 15) is 9.59 Å². The number of hydrogen-bond donors (Lipinski definition) is 2. The fraction of sp³-hybridized carbons (Fsp3) is 0.529. The molecular weight excluding hydrogens is 266 g/mol. The highest BCUT2D eigenvalue weighted by atomic mass is 16.4. The molecule has 2 N–H and O–H groups in total.